The zero-order chi connectivity index (χ0) is 18.5. The third-order valence-electron chi connectivity index (χ3n) is 4.92. The van der Waals surface area contributed by atoms with E-state index in [1.807, 2.05) is 7.05 Å². The quantitative estimate of drug-likeness (QED) is 0.761. The van der Waals surface area contributed by atoms with Gasteiger partial charge in [-0.1, -0.05) is 23.7 Å². The van der Waals surface area contributed by atoms with Crippen molar-refractivity contribution in [3.05, 3.63) is 36.2 Å². The van der Waals surface area contributed by atoms with Crippen LogP contribution in [-0.4, -0.2) is 58.9 Å². The van der Waals surface area contributed by atoms with E-state index in [1.165, 1.54) is 6.39 Å². The molecule has 138 valence electrons. The highest BCUT2D eigenvalue weighted by atomic mass is 16.5. The Labute approximate surface area is 153 Å². The van der Waals surface area contributed by atoms with Crippen LogP contribution >= 0.6 is 0 Å². The molecule has 2 aromatic rings. The summed E-state index contributed by atoms with van der Waals surface area (Å²) in [7, 11) is 3.63. The van der Waals surface area contributed by atoms with Crippen LogP contribution in [0.5, 0.6) is 0 Å². The molecule has 0 N–H and O–H groups in total. The number of carbonyl (C=O) groups is 2. The highest BCUT2D eigenvalue weighted by Crippen LogP contribution is 2.27. The third kappa shape index (κ3) is 4.09. The number of rotatable bonds is 7. The Balaban J connectivity index is 1.47. The molecule has 1 heterocycles. The molecule has 7 heteroatoms. The van der Waals surface area contributed by atoms with Gasteiger partial charge in [-0.25, -0.2) is 0 Å². The van der Waals surface area contributed by atoms with E-state index in [0.717, 1.165) is 31.2 Å². The molecule has 1 aromatic heterocycles. The zero-order valence-corrected chi connectivity index (χ0v) is 15.2. The lowest BCUT2D eigenvalue weighted by Gasteiger charge is -2.29. The molecule has 1 saturated carbocycles. The summed E-state index contributed by atoms with van der Waals surface area (Å²) >= 11 is 0. The summed E-state index contributed by atoms with van der Waals surface area (Å²) in [6, 6.07) is 7.13. The molecular weight excluding hydrogens is 332 g/mol. The fourth-order valence-electron chi connectivity index (χ4n) is 3.00. The van der Waals surface area contributed by atoms with Gasteiger partial charge in [-0.3, -0.25) is 9.59 Å². The molecule has 1 aliphatic carbocycles. The van der Waals surface area contributed by atoms with Crippen molar-refractivity contribution in [2.24, 2.45) is 5.92 Å². The Morgan fingerprint density at radius 3 is 2.38 bits per heavy atom. The van der Waals surface area contributed by atoms with Gasteiger partial charge in [0.2, 0.25) is 18.1 Å². The van der Waals surface area contributed by atoms with Gasteiger partial charge < -0.3 is 14.3 Å². The van der Waals surface area contributed by atoms with Gasteiger partial charge in [0.1, 0.15) is 0 Å². The minimum atomic E-state index is -0.0439. The van der Waals surface area contributed by atoms with Crippen LogP contribution in [0.3, 0.4) is 0 Å². The number of aromatic nitrogens is 2. The van der Waals surface area contributed by atoms with Crippen molar-refractivity contribution >= 4 is 11.8 Å². The van der Waals surface area contributed by atoms with Gasteiger partial charge in [0.15, 0.2) is 0 Å². The lowest BCUT2D eigenvalue weighted by atomic mass is 9.84. The molecule has 1 fully saturated rings. The van der Waals surface area contributed by atoms with Gasteiger partial charge in [-0.15, -0.1) is 0 Å². The predicted octanol–water partition coefficient (Wildman–Crippen LogP) is 2.46. The maximum atomic E-state index is 12.5. The number of benzene rings is 1. The van der Waals surface area contributed by atoms with Crippen LogP contribution in [0.4, 0.5) is 0 Å². The van der Waals surface area contributed by atoms with Crippen molar-refractivity contribution < 1.29 is 14.1 Å². The van der Waals surface area contributed by atoms with Crippen LogP contribution in [0.15, 0.2) is 35.2 Å². The lowest BCUT2D eigenvalue weighted by molar-refractivity contribution is -0.136. The third-order valence-corrected chi connectivity index (χ3v) is 4.92. The lowest BCUT2D eigenvalue weighted by Crippen LogP contribution is -2.38. The summed E-state index contributed by atoms with van der Waals surface area (Å²) in [4.78, 5) is 32.1. The topological polar surface area (TPSA) is 79.5 Å². The first kappa shape index (κ1) is 18.1. The van der Waals surface area contributed by atoms with E-state index in [1.54, 1.807) is 41.1 Å². The van der Waals surface area contributed by atoms with Crippen LogP contribution in [0.1, 0.15) is 36.0 Å². The van der Waals surface area contributed by atoms with E-state index in [2.05, 4.69) is 10.1 Å². The standard InChI is InChI=1S/C19H24N4O3/c1-22(18(24)15-5-3-6-15)11-4-12-23(2)19(25)16-9-7-14(8-10-16)17-20-13-26-21-17/h7-10,13,15H,3-6,11-12H2,1-2H3. The molecular formula is C19H24N4O3. The summed E-state index contributed by atoms with van der Waals surface area (Å²) in [5.41, 5.74) is 1.41. The second-order valence-corrected chi connectivity index (χ2v) is 6.80. The highest BCUT2D eigenvalue weighted by molar-refractivity contribution is 5.94. The van der Waals surface area contributed by atoms with Crippen LogP contribution in [0.25, 0.3) is 11.4 Å². The first-order chi connectivity index (χ1) is 12.6. The predicted molar refractivity (Wildman–Crippen MR) is 96.3 cm³/mol. The van der Waals surface area contributed by atoms with Gasteiger partial charge in [-0.2, -0.15) is 4.98 Å². The molecule has 2 amide bonds. The monoisotopic (exact) mass is 356 g/mol. The van der Waals surface area contributed by atoms with E-state index < -0.39 is 0 Å². The van der Waals surface area contributed by atoms with E-state index in [0.29, 0.717) is 24.5 Å². The van der Waals surface area contributed by atoms with Gasteiger partial charge in [-0.05, 0) is 31.4 Å². The van der Waals surface area contributed by atoms with Crippen LogP contribution in [-0.2, 0) is 4.79 Å². The number of carbonyl (C=O) groups excluding carboxylic acids is 2. The second kappa shape index (κ2) is 8.12. The highest BCUT2D eigenvalue weighted by Gasteiger charge is 2.27. The van der Waals surface area contributed by atoms with Crippen molar-refractivity contribution in [2.75, 3.05) is 27.2 Å². The largest absolute Gasteiger partial charge is 0.345 e. The molecule has 0 spiro atoms. The summed E-state index contributed by atoms with van der Waals surface area (Å²) < 4.78 is 4.73. The molecule has 0 saturated heterocycles. The molecule has 0 aliphatic heterocycles. The van der Waals surface area contributed by atoms with Gasteiger partial charge >= 0.3 is 0 Å². The summed E-state index contributed by atoms with van der Waals surface area (Å²) in [5.74, 6) is 0.911. The maximum Gasteiger partial charge on any atom is 0.253 e. The Kier molecular flexibility index (Phi) is 5.65. The fourth-order valence-corrected chi connectivity index (χ4v) is 3.00. The number of nitrogens with zero attached hydrogens (tertiary/aromatic N) is 4. The minimum Gasteiger partial charge on any atom is -0.345 e. The average Bonchev–Trinajstić information content (AvgIpc) is 3.14. The molecule has 1 aromatic carbocycles. The first-order valence-corrected chi connectivity index (χ1v) is 8.93. The Morgan fingerprint density at radius 1 is 1.12 bits per heavy atom. The average molecular weight is 356 g/mol. The number of hydrogen-bond acceptors (Lipinski definition) is 5. The first-order valence-electron chi connectivity index (χ1n) is 8.93. The smallest absolute Gasteiger partial charge is 0.253 e. The van der Waals surface area contributed by atoms with E-state index in [4.69, 9.17) is 4.52 Å². The maximum absolute atomic E-state index is 12.5. The normalized spacial score (nSPS) is 13.9. The molecule has 0 unspecified atom stereocenters. The van der Waals surface area contributed by atoms with Crippen LogP contribution in [0, 0.1) is 5.92 Å². The van der Waals surface area contributed by atoms with Crippen molar-refractivity contribution in [3.63, 3.8) is 0 Å². The molecule has 0 atom stereocenters. The van der Waals surface area contributed by atoms with E-state index in [9.17, 15) is 9.59 Å². The number of hydrogen-bond donors (Lipinski definition) is 0. The van der Waals surface area contributed by atoms with Gasteiger partial charge in [0.05, 0.1) is 0 Å². The minimum absolute atomic E-state index is 0.0439. The van der Waals surface area contributed by atoms with Crippen LogP contribution < -0.4 is 0 Å². The fraction of sp³-hybridized carbons (Fsp3) is 0.474. The van der Waals surface area contributed by atoms with Crippen molar-refractivity contribution in [3.8, 4) is 11.4 Å². The van der Waals surface area contributed by atoms with Crippen molar-refractivity contribution in [1.29, 1.82) is 0 Å². The molecule has 3 rings (SSSR count). The molecule has 26 heavy (non-hydrogen) atoms. The second-order valence-electron chi connectivity index (χ2n) is 6.80. The Morgan fingerprint density at radius 2 is 1.81 bits per heavy atom. The number of amides is 2. The molecule has 1 aliphatic rings. The van der Waals surface area contributed by atoms with Gasteiger partial charge in [0, 0.05) is 44.2 Å². The zero-order valence-electron chi connectivity index (χ0n) is 15.2. The molecule has 0 bridgehead atoms. The van der Waals surface area contributed by atoms with E-state index >= 15 is 0 Å². The van der Waals surface area contributed by atoms with Crippen LogP contribution in [0.2, 0.25) is 0 Å². The summed E-state index contributed by atoms with van der Waals surface area (Å²) in [6.07, 6.45) is 5.23. The Bertz CT molecular complexity index is 739. The van der Waals surface area contributed by atoms with Crippen molar-refractivity contribution in [2.45, 2.75) is 25.7 Å². The van der Waals surface area contributed by atoms with Gasteiger partial charge in [0.25, 0.3) is 5.91 Å². The summed E-state index contributed by atoms with van der Waals surface area (Å²) in [5, 5.41) is 3.78. The van der Waals surface area contributed by atoms with Crippen molar-refractivity contribution in [1.82, 2.24) is 19.9 Å². The SMILES string of the molecule is CN(CCCN(C)C(=O)C1CCC1)C(=O)c1ccc(-c2ncon2)cc1. The van der Waals surface area contributed by atoms with E-state index in [-0.39, 0.29) is 17.7 Å². The molecule has 0 radical (unpaired) electrons. The molecule has 7 nitrogen and oxygen atoms in total. The Hall–Kier alpha value is -2.70. The summed E-state index contributed by atoms with van der Waals surface area (Å²) in [6.45, 7) is 1.28.